The second-order valence-electron chi connectivity index (χ2n) is 4.40. The molecule has 0 spiro atoms. The van der Waals surface area contributed by atoms with Crippen LogP contribution in [-0.4, -0.2) is 40.0 Å². The van der Waals surface area contributed by atoms with Gasteiger partial charge in [0, 0.05) is 19.8 Å². The Morgan fingerprint density at radius 2 is 2.10 bits per heavy atom. The maximum Gasteiger partial charge on any atom is 0.346 e. The molecule has 2 aromatic rings. The summed E-state index contributed by atoms with van der Waals surface area (Å²) in [7, 11) is -1.67. The van der Waals surface area contributed by atoms with E-state index in [1.165, 1.54) is 9.25 Å². The number of nitrogens with zero attached hydrogens (tertiary/aromatic N) is 4. The Morgan fingerprint density at radius 1 is 1.33 bits per heavy atom. The average molecular weight is 311 g/mol. The second kappa shape index (κ2) is 6.19. The van der Waals surface area contributed by atoms with Gasteiger partial charge in [-0.25, -0.2) is 22.6 Å². The zero-order valence-corrected chi connectivity index (χ0v) is 12.7. The van der Waals surface area contributed by atoms with E-state index in [0.717, 1.165) is 0 Å². The van der Waals surface area contributed by atoms with Crippen molar-refractivity contribution in [2.24, 2.45) is 7.05 Å². The molecule has 0 unspecified atom stereocenters. The molecular formula is C12H17N5O3S. The van der Waals surface area contributed by atoms with Crippen molar-refractivity contribution in [3.05, 3.63) is 34.9 Å². The fourth-order valence-electron chi connectivity index (χ4n) is 1.76. The molecule has 2 heterocycles. The maximum absolute atomic E-state index is 12.0. The second-order valence-corrected chi connectivity index (χ2v) is 6.50. The number of nitrogens with one attached hydrogen (secondary N) is 1. The van der Waals surface area contributed by atoms with E-state index in [2.05, 4.69) is 14.8 Å². The van der Waals surface area contributed by atoms with E-state index >= 15 is 0 Å². The molecule has 0 fully saturated rings. The summed E-state index contributed by atoms with van der Waals surface area (Å²) in [5, 5.41) is 4.19. The highest BCUT2D eigenvalue weighted by Gasteiger charge is 2.13. The van der Waals surface area contributed by atoms with Crippen molar-refractivity contribution in [1.29, 1.82) is 0 Å². The van der Waals surface area contributed by atoms with Gasteiger partial charge in [-0.3, -0.25) is 9.55 Å². The van der Waals surface area contributed by atoms with Crippen LogP contribution in [0.3, 0.4) is 0 Å². The first-order valence-corrected chi connectivity index (χ1v) is 8.12. The van der Waals surface area contributed by atoms with Gasteiger partial charge in [-0.2, -0.15) is 0 Å². The zero-order chi connectivity index (χ0) is 15.5. The van der Waals surface area contributed by atoms with Crippen LogP contribution >= 0.6 is 0 Å². The Bertz CT molecular complexity index is 764. The first-order valence-electron chi connectivity index (χ1n) is 6.47. The van der Waals surface area contributed by atoms with E-state index in [4.69, 9.17) is 0 Å². The quantitative estimate of drug-likeness (QED) is 0.781. The summed E-state index contributed by atoms with van der Waals surface area (Å²) in [6.07, 6.45) is 1.62. The van der Waals surface area contributed by atoms with Crippen LogP contribution in [0.25, 0.3) is 11.5 Å². The molecule has 0 saturated heterocycles. The number of sulfonamides is 1. The minimum Gasteiger partial charge on any atom is -0.277 e. The van der Waals surface area contributed by atoms with Gasteiger partial charge < -0.3 is 0 Å². The molecule has 0 atom stereocenters. The van der Waals surface area contributed by atoms with Crippen molar-refractivity contribution in [2.75, 3.05) is 12.3 Å². The molecule has 2 rings (SSSR count). The highest BCUT2D eigenvalue weighted by Crippen LogP contribution is 2.10. The van der Waals surface area contributed by atoms with Crippen LogP contribution in [0.15, 0.2) is 29.2 Å². The van der Waals surface area contributed by atoms with Crippen LogP contribution in [0.5, 0.6) is 0 Å². The molecule has 0 bridgehead atoms. The fourth-order valence-corrected chi connectivity index (χ4v) is 2.37. The summed E-state index contributed by atoms with van der Waals surface area (Å²) in [5.41, 5.74) is 0.274. The average Bonchev–Trinajstić information content (AvgIpc) is 2.76. The summed E-state index contributed by atoms with van der Waals surface area (Å²) >= 11 is 0. The van der Waals surface area contributed by atoms with Crippen molar-refractivity contribution in [1.82, 2.24) is 24.1 Å². The molecule has 2 aromatic heterocycles. The largest absolute Gasteiger partial charge is 0.346 e. The molecule has 114 valence electrons. The molecule has 8 nitrogen and oxygen atoms in total. The summed E-state index contributed by atoms with van der Waals surface area (Å²) < 4.78 is 27.7. The standard InChI is InChI=1S/C12H17N5O3S/c1-3-21(19,20)14-8-9-17-12(18)16(2)11(15-17)10-6-4-5-7-13-10/h4-7,14H,3,8-9H2,1-2H3. The Balaban J connectivity index is 2.18. The molecule has 9 heteroatoms. The van der Waals surface area contributed by atoms with E-state index < -0.39 is 10.0 Å². The predicted octanol–water partition coefficient (Wildman–Crippen LogP) is -0.417. The van der Waals surface area contributed by atoms with E-state index in [1.54, 1.807) is 38.4 Å². The minimum atomic E-state index is -3.27. The Labute approximate surface area is 122 Å². The summed E-state index contributed by atoms with van der Waals surface area (Å²) in [5.74, 6) is 0.447. The maximum atomic E-state index is 12.0. The highest BCUT2D eigenvalue weighted by molar-refractivity contribution is 7.89. The van der Waals surface area contributed by atoms with Crippen molar-refractivity contribution >= 4 is 10.0 Å². The van der Waals surface area contributed by atoms with E-state index in [0.29, 0.717) is 11.5 Å². The van der Waals surface area contributed by atoms with Crippen LogP contribution in [0.2, 0.25) is 0 Å². The monoisotopic (exact) mass is 311 g/mol. The molecule has 0 aliphatic carbocycles. The third-order valence-corrected chi connectivity index (χ3v) is 4.36. The number of hydrogen-bond acceptors (Lipinski definition) is 5. The fraction of sp³-hybridized carbons (Fsp3) is 0.417. The van der Waals surface area contributed by atoms with Gasteiger partial charge in [-0.1, -0.05) is 6.07 Å². The van der Waals surface area contributed by atoms with Crippen LogP contribution in [0.1, 0.15) is 6.92 Å². The third-order valence-electron chi connectivity index (χ3n) is 2.96. The van der Waals surface area contributed by atoms with Crippen LogP contribution < -0.4 is 10.4 Å². The van der Waals surface area contributed by atoms with Gasteiger partial charge in [-0.15, -0.1) is 5.10 Å². The molecule has 21 heavy (non-hydrogen) atoms. The molecule has 1 N–H and O–H groups in total. The first-order chi connectivity index (χ1) is 9.94. The molecule has 0 radical (unpaired) electrons. The van der Waals surface area contributed by atoms with Gasteiger partial charge in [0.05, 0.1) is 12.3 Å². The van der Waals surface area contributed by atoms with Crippen molar-refractivity contribution < 1.29 is 8.42 Å². The summed E-state index contributed by atoms with van der Waals surface area (Å²) in [6.45, 7) is 1.84. The molecule has 0 aromatic carbocycles. The first kappa shape index (κ1) is 15.4. The highest BCUT2D eigenvalue weighted by atomic mass is 32.2. The number of rotatable bonds is 6. The van der Waals surface area contributed by atoms with Crippen molar-refractivity contribution in [3.63, 3.8) is 0 Å². The van der Waals surface area contributed by atoms with E-state index in [1.807, 2.05) is 0 Å². The number of hydrogen-bond donors (Lipinski definition) is 1. The summed E-state index contributed by atoms with van der Waals surface area (Å²) in [6, 6.07) is 5.34. The van der Waals surface area contributed by atoms with Crippen LogP contribution in [0, 0.1) is 0 Å². The zero-order valence-electron chi connectivity index (χ0n) is 11.9. The number of aromatic nitrogens is 4. The van der Waals surface area contributed by atoms with Crippen LogP contribution in [-0.2, 0) is 23.6 Å². The molecule has 0 saturated carbocycles. The van der Waals surface area contributed by atoms with Crippen molar-refractivity contribution in [2.45, 2.75) is 13.5 Å². The SMILES string of the molecule is CCS(=O)(=O)NCCn1nc(-c2ccccn2)n(C)c1=O. The van der Waals surface area contributed by atoms with E-state index in [-0.39, 0.29) is 24.5 Å². The topological polar surface area (TPSA) is 98.9 Å². The van der Waals surface area contributed by atoms with Gasteiger partial charge in [0.15, 0.2) is 5.82 Å². The van der Waals surface area contributed by atoms with Gasteiger partial charge in [-0.05, 0) is 19.1 Å². The lowest BCUT2D eigenvalue weighted by molar-refractivity contribution is 0.551. The lowest BCUT2D eigenvalue weighted by atomic mass is 10.3. The van der Waals surface area contributed by atoms with Crippen molar-refractivity contribution in [3.8, 4) is 11.5 Å². The predicted molar refractivity (Wildman–Crippen MR) is 78.2 cm³/mol. The van der Waals surface area contributed by atoms with Gasteiger partial charge >= 0.3 is 5.69 Å². The number of pyridine rings is 1. The Hall–Kier alpha value is -2.00. The minimum absolute atomic E-state index is 0.00328. The molecular weight excluding hydrogens is 294 g/mol. The smallest absolute Gasteiger partial charge is 0.277 e. The Morgan fingerprint density at radius 3 is 2.71 bits per heavy atom. The van der Waals surface area contributed by atoms with E-state index in [9.17, 15) is 13.2 Å². The van der Waals surface area contributed by atoms with Crippen LogP contribution in [0.4, 0.5) is 0 Å². The third kappa shape index (κ3) is 3.56. The van der Waals surface area contributed by atoms with Gasteiger partial charge in [0.2, 0.25) is 10.0 Å². The lowest BCUT2D eigenvalue weighted by Crippen LogP contribution is -2.32. The summed E-state index contributed by atoms with van der Waals surface area (Å²) in [4.78, 5) is 16.2. The molecule has 0 aliphatic heterocycles. The molecule has 0 aliphatic rings. The molecule has 0 amide bonds. The van der Waals surface area contributed by atoms with Gasteiger partial charge in [0.1, 0.15) is 5.69 Å². The Kier molecular flexibility index (Phi) is 4.53. The lowest BCUT2D eigenvalue weighted by Gasteiger charge is -2.03. The normalized spacial score (nSPS) is 11.7. The van der Waals surface area contributed by atoms with Gasteiger partial charge in [0.25, 0.3) is 0 Å².